The molecule has 0 radical (unpaired) electrons. The van der Waals surface area contributed by atoms with E-state index < -0.39 is 0 Å². The van der Waals surface area contributed by atoms with E-state index in [1.807, 2.05) is 0 Å². The van der Waals surface area contributed by atoms with Crippen molar-refractivity contribution in [3.05, 3.63) is 25.9 Å². The number of H-pyrrole nitrogens is 2. The number of imidazole rings is 1. The third kappa shape index (κ3) is 1.10. The lowest BCUT2D eigenvalue weighted by Gasteiger charge is -1.89. The van der Waals surface area contributed by atoms with E-state index in [9.17, 15) is 4.79 Å². The van der Waals surface area contributed by atoms with E-state index in [4.69, 9.17) is 12.2 Å². The Hall–Kier alpha value is -0.950. The van der Waals surface area contributed by atoms with Crippen LogP contribution in [0.15, 0.2) is 15.6 Å². The number of hydrogen-bond donors (Lipinski definition) is 2. The minimum atomic E-state index is -0.301. The van der Waals surface area contributed by atoms with Crippen molar-refractivity contribution in [1.29, 1.82) is 0 Å². The molecule has 62 valence electrons. The third-order valence-electron chi connectivity index (χ3n) is 1.33. The Morgan fingerprint density at radius 2 is 2.42 bits per heavy atom. The lowest BCUT2D eigenvalue weighted by atomic mass is 10.8. The summed E-state index contributed by atoms with van der Waals surface area (Å²) in [7, 11) is 0. The molecule has 2 aromatic rings. The van der Waals surface area contributed by atoms with Gasteiger partial charge in [0, 0.05) is 0 Å². The lowest BCUT2D eigenvalue weighted by molar-refractivity contribution is 0.866. The molecule has 0 unspecified atom stereocenters. The number of fused-ring (bicyclic) bond motifs is 1. The van der Waals surface area contributed by atoms with Gasteiger partial charge in [-0.2, -0.15) is 0 Å². The largest absolute Gasteiger partial charge is 0.295 e. The first-order valence-corrected chi connectivity index (χ1v) is 4.24. The fourth-order valence-corrected chi connectivity index (χ4v) is 1.46. The highest BCUT2D eigenvalue weighted by molar-refractivity contribution is 9.10. The second-order valence-electron chi connectivity index (χ2n) is 2.15. The van der Waals surface area contributed by atoms with Crippen molar-refractivity contribution in [2.75, 3.05) is 0 Å². The number of nitrogens with zero attached hydrogens (tertiary/aromatic N) is 2. The van der Waals surface area contributed by atoms with E-state index >= 15 is 0 Å². The summed E-state index contributed by atoms with van der Waals surface area (Å²) in [6, 6.07) is 0. The fourth-order valence-electron chi connectivity index (χ4n) is 0.893. The molecule has 2 rings (SSSR count). The normalized spacial score (nSPS) is 10.8. The lowest BCUT2D eigenvalue weighted by Crippen LogP contribution is -2.12. The van der Waals surface area contributed by atoms with E-state index in [1.54, 1.807) is 6.20 Å². The van der Waals surface area contributed by atoms with Gasteiger partial charge in [-0.3, -0.25) is 14.9 Å². The van der Waals surface area contributed by atoms with Crippen molar-refractivity contribution in [3.63, 3.8) is 0 Å². The zero-order chi connectivity index (χ0) is 8.72. The maximum absolute atomic E-state index is 11.2. The number of rotatable bonds is 0. The van der Waals surface area contributed by atoms with Gasteiger partial charge in [-0.25, -0.2) is 9.50 Å². The Morgan fingerprint density at radius 3 is 3.17 bits per heavy atom. The topological polar surface area (TPSA) is 66.0 Å². The summed E-state index contributed by atoms with van der Waals surface area (Å²) < 4.78 is 2.33. The van der Waals surface area contributed by atoms with E-state index in [0.717, 1.165) is 0 Å². The Kier molecular flexibility index (Phi) is 1.62. The second kappa shape index (κ2) is 2.53. The van der Waals surface area contributed by atoms with Crippen LogP contribution >= 0.6 is 28.1 Å². The van der Waals surface area contributed by atoms with Gasteiger partial charge in [0.1, 0.15) is 4.60 Å². The van der Waals surface area contributed by atoms with Crippen LogP contribution in [0.1, 0.15) is 0 Å². The fraction of sp³-hybridized carbons (Fsp3) is 0. The average Bonchev–Trinajstić information content (AvgIpc) is 2.29. The molecular formula is C5H3BrN4OS. The highest BCUT2D eigenvalue weighted by Gasteiger charge is 2.01. The molecule has 0 bridgehead atoms. The SMILES string of the molecule is O=c1[nH]c(=S)[nH]n2cc(Br)nc12. The van der Waals surface area contributed by atoms with Crippen LogP contribution in [0.5, 0.6) is 0 Å². The maximum Gasteiger partial charge on any atom is 0.295 e. The Balaban J connectivity index is 3.08. The summed E-state index contributed by atoms with van der Waals surface area (Å²) in [5.74, 6) is 0. The monoisotopic (exact) mass is 246 g/mol. The summed E-state index contributed by atoms with van der Waals surface area (Å²) in [5, 5.41) is 2.73. The number of halogens is 1. The molecule has 2 aromatic heterocycles. The Bertz CT molecular complexity index is 538. The van der Waals surface area contributed by atoms with E-state index in [0.29, 0.717) is 4.60 Å². The van der Waals surface area contributed by atoms with Crippen LogP contribution in [0.4, 0.5) is 0 Å². The van der Waals surface area contributed by atoms with E-state index in [-0.39, 0.29) is 16.0 Å². The summed E-state index contributed by atoms with van der Waals surface area (Å²) in [6.45, 7) is 0. The predicted octanol–water partition coefficient (Wildman–Crippen LogP) is 0.843. The molecule has 0 amide bonds. The second-order valence-corrected chi connectivity index (χ2v) is 3.37. The molecule has 0 spiro atoms. The minimum absolute atomic E-state index is 0.275. The van der Waals surface area contributed by atoms with Crippen LogP contribution in [-0.2, 0) is 0 Å². The molecule has 2 N–H and O–H groups in total. The van der Waals surface area contributed by atoms with Gasteiger partial charge >= 0.3 is 0 Å². The molecule has 12 heavy (non-hydrogen) atoms. The molecular weight excluding hydrogens is 244 g/mol. The number of nitrogens with one attached hydrogen (secondary N) is 2. The first kappa shape index (κ1) is 7.69. The van der Waals surface area contributed by atoms with Gasteiger partial charge in [0.15, 0.2) is 4.77 Å². The number of aromatic nitrogens is 4. The van der Waals surface area contributed by atoms with Crippen molar-refractivity contribution in [1.82, 2.24) is 19.6 Å². The third-order valence-corrected chi connectivity index (χ3v) is 1.90. The van der Waals surface area contributed by atoms with Crippen molar-refractivity contribution < 1.29 is 0 Å². The number of hydrogen-bond acceptors (Lipinski definition) is 3. The van der Waals surface area contributed by atoms with Crippen LogP contribution in [0.3, 0.4) is 0 Å². The molecule has 5 nitrogen and oxygen atoms in total. The molecule has 0 aliphatic rings. The van der Waals surface area contributed by atoms with Gasteiger partial charge in [0.2, 0.25) is 5.65 Å². The summed E-state index contributed by atoms with van der Waals surface area (Å²) in [4.78, 5) is 17.5. The molecule has 7 heteroatoms. The van der Waals surface area contributed by atoms with Crippen LogP contribution in [0.25, 0.3) is 5.65 Å². The van der Waals surface area contributed by atoms with Crippen molar-refractivity contribution in [3.8, 4) is 0 Å². The first-order valence-electron chi connectivity index (χ1n) is 3.04. The van der Waals surface area contributed by atoms with Crippen LogP contribution in [-0.4, -0.2) is 19.6 Å². The molecule has 0 saturated carbocycles. The average molecular weight is 247 g/mol. The highest BCUT2D eigenvalue weighted by Crippen LogP contribution is 2.05. The minimum Gasteiger partial charge on any atom is -0.295 e. The molecule has 0 atom stereocenters. The molecule has 0 fully saturated rings. The van der Waals surface area contributed by atoms with Crippen molar-refractivity contribution >= 4 is 33.8 Å². The molecule has 2 heterocycles. The van der Waals surface area contributed by atoms with E-state index in [2.05, 4.69) is 31.0 Å². The van der Waals surface area contributed by atoms with Gasteiger partial charge in [0.05, 0.1) is 6.20 Å². The van der Waals surface area contributed by atoms with Crippen molar-refractivity contribution in [2.45, 2.75) is 0 Å². The van der Waals surface area contributed by atoms with Gasteiger partial charge in [-0.1, -0.05) is 0 Å². The first-order chi connectivity index (χ1) is 5.66. The summed E-state index contributed by atoms with van der Waals surface area (Å²) in [6.07, 6.45) is 1.63. The summed E-state index contributed by atoms with van der Waals surface area (Å²) >= 11 is 7.91. The van der Waals surface area contributed by atoms with Gasteiger partial charge in [-0.05, 0) is 28.1 Å². The van der Waals surface area contributed by atoms with Gasteiger partial charge in [0.25, 0.3) is 5.56 Å². The van der Waals surface area contributed by atoms with E-state index in [1.165, 1.54) is 4.52 Å². The molecule has 0 aromatic carbocycles. The predicted molar refractivity (Wildman–Crippen MR) is 48.7 cm³/mol. The zero-order valence-electron chi connectivity index (χ0n) is 5.67. The van der Waals surface area contributed by atoms with Crippen molar-refractivity contribution in [2.24, 2.45) is 0 Å². The van der Waals surface area contributed by atoms with Gasteiger partial charge < -0.3 is 0 Å². The number of aromatic amines is 2. The molecule has 0 aliphatic carbocycles. The van der Waals surface area contributed by atoms with Crippen LogP contribution in [0, 0.1) is 4.77 Å². The quantitative estimate of drug-likeness (QED) is 0.678. The van der Waals surface area contributed by atoms with Crippen LogP contribution < -0.4 is 5.56 Å². The smallest absolute Gasteiger partial charge is 0.295 e. The molecule has 0 saturated heterocycles. The standard InChI is InChI=1S/C5H3BrN4OS/c6-2-1-10-3(7-2)4(11)8-5(12)9-10/h1H,(H2,8,9,11,12). The molecule has 0 aliphatic heterocycles. The highest BCUT2D eigenvalue weighted by atomic mass is 79.9. The zero-order valence-corrected chi connectivity index (χ0v) is 8.07. The maximum atomic E-state index is 11.2. The Labute approximate surface area is 79.6 Å². The van der Waals surface area contributed by atoms with Crippen LogP contribution in [0.2, 0.25) is 0 Å². The van der Waals surface area contributed by atoms with Gasteiger partial charge in [-0.15, -0.1) is 0 Å². The summed E-state index contributed by atoms with van der Waals surface area (Å²) in [5.41, 5.74) is -0.0140. The Morgan fingerprint density at radius 1 is 1.67 bits per heavy atom.